The number of rotatable bonds is 8. The van der Waals surface area contributed by atoms with Gasteiger partial charge in [-0.3, -0.25) is 9.69 Å². The minimum absolute atomic E-state index is 0.179. The van der Waals surface area contributed by atoms with E-state index in [-0.39, 0.29) is 12.5 Å². The van der Waals surface area contributed by atoms with E-state index in [2.05, 4.69) is 35.8 Å². The Balaban J connectivity index is 1.85. The van der Waals surface area contributed by atoms with Gasteiger partial charge in [-0.05, 0) is 38.0 Å². The Morgan fingerprint density at radius 3 is 2.44 bits per heavy atom. The van der Waals surface area contributed by atoms with E-state index in [4.69, 9.17) is 10.8 Å². The molecule has 1 saturated heterocycles. The van der Waals surface area contributed by atoms with Crippen molar-refractivity contribution in [3.05, 3.63) is 23.8 Å². The molecule has 140 valence electrons. The molecule has 1 aromatic rings. The van der Waals surface area contributed by atoms with Crippen LogP contribution in [-0.4, -0.2) is 73.2 Å². The Hall–Kier alpha value is -1.79. The highest BCUT2D eigenvalue weighted by molar-refractivity contribution is 5.77. The molecule has 0 aromatic heterocycles. The predicted octanol–water partition coefficient (Wildman–Crippen LogP) is 1.18. The van der Waals surface area contributed by atoms with Crippen LogP contribution in [0.4, 0.5) is 11.4 Å². The van der Waals surface area contributed by atoms with Gasteiger partial charge in [0, 0.05) is 52.2 Å². The van der Waals surface area contributed by atoms with E-state index in [0.29, 0.717) is 13.0 Å². The van der Waals surface area contributed by atoms with Gasteiger partial charge in [0.2, 0.25) is 5.91 Å². The number of carbonyl (C=O) groups is 1. The molecule has 0 aliphatic carbocycles. The van der Waals surface area contributed by atoms with Gasteiger partial charge in [-0.2, -0.15) is 0 Å². The molecule has 1 amide bonds. The van der Waals surface area contributed by atoms with Crippen LogP contribution in [0.15, 0.2) is 18.2 Å². The summed E-state index contributed by atoms with van der Waals surface area (Å²) >= 11 is 0. The molecule has 0 radical (unpaired) electrons. The van der Waals surface area contributed by atoms with E-state index in [0.717, 1.165) is 62.6 Å². The average Bonchev–Trinajstić information content (AvgIpc) is 2.63. The van der Waals surface area contributed by atoms with Crippen molar-refractivity contribution in [1.82, 2.24) is 9.80 Å². The maximum Gasteiger partial charge on any atom is 0.222 e. The van der Waals surface area contributed by atoms with Crippen molar-refractivity contribution in [2.75, 3.05) is 63.1 Å². The first-order valence-corrected chi connectivity index (χ1v) is 9.33. The first-order chi connectivity index (χ1) is 12.1. The number of hydrogen-bond donors (Lipinski definition) is 2. The van der Waals surface area contributed by atoms with Gasteiger partial charge in [0.1, 0.15) is 0 Å². The first-order valence-electron chi connectivity index (χ1n) is 9.33. The largest absolute Gasteiger partial charge is 0.397 e. The number of aryl methyl sites for hydroxylation is 1. The molecular weight excluding hydrogens is 316 g/mol. The number of nitrogen functional groups attached to an aromatic ring is 1. The summed E-state index contributed by atoms with van der Waals surface area (Å²) in [7, 11) is 0. The highest BCUT2D eigenvalue weighted by Gasteiger charge is 2.20. The molecular formula is C19H32N4O2. The monoisotopic (exact) mass is 348 g/mol. The van der Waals surface area contributed by atoms with Crippen LogP contribution >= 0.6 is 0 Å². The lowest BCUT2D eigenvalue weighted by Gasteiger charge is -2.34. The maximum atomic E-state index is 12.4. The van der Waals surface area contributed by atoms with Crippen LogP contribution in [0.5, 0.6) is 0 Å². The van der Waals surface area contributed by atoms with Crippen molar-refractivity contribution in [3.63, 3.8) is 0 Å². The lowest BCUT2D eigenvalue weighted by Crippen LogP contribution is -2.49. The molecule has 1 fully saturated rings. The van der Waals surface area contributed by atoms with Gasteiger partial charge < -0.3 is 20.6 Å². The fraction of sp³-hybridized carbons (Fsp3) is 0.632. The molecule has 6 heteroatoms. The van der Waals surface area contributed by atoms with Gasteiger partial charge in [-0.15, -0.1) is 0 Å². The molecule has 0 bridgehead atoms. The highest BCUT2D eigenvalue weighted by Crippen LogP contribution is 2.24. The van der Waals surface area contributed by atoms with Crippen molar-refractivity contribution in [3.8, 4) is 0 Å². The topological polar surface area (TPSA) is 73.0 Å². The fourth-order valence-electron chi connectivity index (χ4n) is 3.38. The van der Waals surface area contributed by atoms with Crippen molar-refractivity contribution < 1.29 is 9.90 Å². The summed E-state index contributed by atoms with van der Waals surface area (Å²) in [6.07, 6.45) is 1.24. The predicted molar refractivity (Wildman–Crippen MR) is 103 cm³/mol. The normalized spacial score (nSPS) is 15.4. The summed E-state index contributed by atoms with van der Waals surface area (Å²) < 4.78 is 0. The maximum absolute atomic E-state index is 12.4. The summed E-state index contributed by atoms with van der Waals surface area (Å²) in [6.45, 7) is 10.2. The van der Waals surface area contributed by atoms with Crippen LogP contribution in [0.25, 0.3) is 0 Å². The minimum Gasteiger partial charge on any atom is -0.397 e. The first kappa shape index (κ1) is 19.5. The van der Waals surface area contributed by atoms with Crippen molar-refractivity contribution in [2.45, 2.75) is 26.7 Å². The van der Waals surface area contributed by atoms with Crippen molar-refractivity contribution in [2.24, 2.45) is 0 Å². The van der Waals surface area contributed by atoms with E-state index < -0.39 is 0 Å². The van der Waals surface area contributed by atoms with Crippen LogP contribution in [0.1, 0.15) is 25.8 Å². The number of aliphatic hydroxyl groups is 1. The zero-order valence-electron chi connectivity index (χ0n) is 15.6. The highest BCUT2D eigenvalue weighted by atomic mass is 16.3. The van der Waals surface area contributed by atoms with Crippen LogP contribution in [0.3, 0.4) is 0 Å². The second-order valence-electron chi connectivity index (χ2n) is 6.51. The lowest BCUT2D eigenvalue weighted by atomic mass is 10.1. The van der Waals surface area contributed by atoms with E-state index in [9.17, 15) is 4.79 Å². The third-order valence-corrected chi connectivity index (χ3v) is 4.96. The summed E-state index contributed by atoms with van der Waals surface area (Å²) in [5.41, 5.74) is 9.17. The molecule has 0 atom stereocenters. The van der Waals surface area contributed by atoms with Gasteiger partial charge in [0.25, 0.3) is 0 Å². The number of amides is 1. The van der Waals surface area contributed by atoms with Crippen LogP contribution in [0.2, 0.25) is 0 Å². The van der Waals surface area contributed by atoms with Crippen LogP contribution in [-0.2, 0) is 11.2 Å². The zero-order valence-corrected chi connectivity index (χ0v) is 15.6. The lowest BCUT2D eigenvalue weighted by molar-refractivity contribution is -0.132. The molecule has 25 heavy (non-hydrogen) atoms. The molecule has 1 aliphatic heterocycles. The van der Waals surface area contributed by atoms with E-state index >= 15 is 0 Å². The third kappa shape index (κ3) is 5.34. The van der Waals surface area contributed by atoms with Crippen molar-refractivity contribution >= 4 is 17.3 Å². The van der Waals surface area contributed by atoms with Gasteiger partial charge in [-0.1, -0.05) is 6.07 Å². The smallest absolute Gasteiger partial charge is 0.222 e. The Labute approximate surface area is 151 Å². The van der Waals surface area contributed by atoms with Gasteiger partial charge in [0.05, 0.1) is 18.0 Å². The molecule has 0 spiro atoms. The SMILES string of the molecule is CCN(CC)c1ccc(CCC(=O)N2CCN(CCO)CC2)cc1N. The second-order valence-corrected chi connectivity index (χ2v) is 6.51. The Kier molecular flexibility index (Phi) is 7.52. The number of piperazine rings is 1. The number of anilines is 2. The number of benzene rings is 1. The number of carbonyl (C=O) groups excluding carboxylic acids is 1. The molecule has 6 nitrogen and oxygen atoms in total. The van der Waals surface area contributed by atoms with Gasteiger partial charge in [-0.25, -0.2) is 0 Å². The molecule has 1 aliphatic rings. The summed E-state index contributed by atoms with van der Waals surface area (Å²) in [5.74, 6) is 0.204. The van der Waals surface area contributed by atoms with Gasteiger partial charge in [0.15, 0.2) is 0 Å². The van der Waals surface area contributed by atoms with E-state index in [1.165, 1.54) is 0 Å². The number of β-amino-alcohol motifs (C(OH)–C–C–N with tert-alkyl or cyclic N) is 1. The Morgan fingerprint density at radius 1 is 1.20 bits per heavy atom. The van der Waals surface area contributed by atoms with Crippen LogP contribution in [0, 0.1) is 0 Å². The molecule has 3 N–H and O–H groups in total. The minimum atomic E-state index is 0.179. The summed E-state index contributed by atoms with van der Waals surface area (Å²) in [5, 5.41) is 8.98. The standard InChI is InChI=1S/C19H32N4O2/c1-3-22(4-2)18-7-5-16(15-17(18)20)6-8-19(25)23-11-9-21(10-12-23)13-14-24/h5,7,15,24H,3-4,6,8-14,20H2,1-2H3. The molecule has 1 heterocycles. The Morgan fingerprint density at radius 2 is 1.88 bits per heavy atom. The number of nitrogens with zero attached hydrogens (tertiary/aromatic N) is 3. The van der Waals surface area contributed by atoms with E-state index in [1.807, 2.05) is 11.0 Å². The molecule has 1 aromatic carbocycles. The number of nitrogens with two attached hydrogens (primary N) is 1. The summed E-state index contributed by atoms with van der Waals surface area (Å²) in [6, 6.07) is 6.15. The summed E-state index contributed by atoms with van der Waals surface area (Å²) in [4.78, 5) is 18.8. The van der Waals surface area contributed by atoms with E-state index in [1.54, 1.807) is 0 Å². The Bertz CT molecular complexity index is 552. The quantitative estimate of drug-likeness (QED) is 0.690. The third-order valence-electron chi connectivity index (χ3n) is 4.96. The second kappa shape index (κ2) is 9.63. The molecule has 0 saturated carbocycles. The number of hydrogen-bond acceptors (Lipinski definition) is 5. The molecule has 0 unspecified atom stereocenters. The molecule has 2 rings (SSSR count). The van der Waals surface area contributed by atoms with Gasteiger partial charge >= 0.3 is 0 Å². The van der Waals surface area contributed by atoms with Crippen LogP contribution < -0.4 is 10.6 Å². The average molecular weight is 348 g/mol. The van der Waals surface area contributed by atoms with Crippen molar-refractivity contribution in [1.29, 1.82) is 0 Å². The number of aliphatic hydroxyl groups excluding tert-OH is 1. The zero-order chi connectivity index (χ0) is 18.2. The fourth-order valence-corrected chi connectivity index (χ4v) is 3.38.